The first-order valence-corrected chi connectivity index (χ1v) is 8.51. The molecule has 0 rings (SSSR count). The summed E-state index contributed by atoms with van der Waals surface area (Å²) in [7, 11) is 0. The van der Waals surface area contributed by atoms with Gasteiger partial charge < -0.3 is 12.3 Å². The van der Waals surface area contributed by atoms with Gasteiger partial charge in [0.15, 0.2) is 0 Å². The van der Waals surface area contributed by atoms with Crippen LogP contribution in [0.1, 0.15) is 0 Å². The Morgan fingerprint density at radius 3 is 0.750 bits per heavy atom. The number of hydrogen-bond donors (Lipinski definition) is 6. The fourth-order valence-corrected chi connectivity index (χ4v) is 1.85. The summed E-state index contributed by atoms with van der Waals surface area (Å²) in [4.78, 5) is 0. The predicted molar refractivity (Wildman–Crippen MR) is 24.1 cm³/mol. The third kappa shape index (κ3) is 64.9. The molecule has 0 aromatic carbocycles. The maximum absolute atomic E-state index is 9.53. The second kappa shape index (κ2) is 8.24. The number of rotatable bonds is 2. The summed E-state index contributed by atoms with van der Waals surface area (Å²) in [5, 5.41) is 0. The van der Waals surface area contributed by atoms with Gasteiger partial charge in [-0.3, -0.25) is 0 Å². The van der Waals surface area contributed by atoms with Crippen LogP contribution in [0.5, 0.6) is 0 Å². The second-order valence-electron chi connectivity index (χ2n) is 1.37. The van der Waals surface area contributed by atoms with E-state index in [2.05, 4.69) is 2.84 Å². The Labute approximate surface area is 95.4 Å². The molecule has 0 bridgehead atoms. The van der Waals surface area contributed by atoms with Crippen LogP contribution in [-0.2, 0) is 66.5 Å². The molecule has 0 aromatic heterocycles. The van der Waals surface area contributed by atoms with E-state index in [1.165, 1.54) is 0 Å². The summed E-state index contributed by atoms with van der Waals surface area (Å²) < 4.78 is 88.1. The third-order valence-electron chi connectivity index (χ3n) is 0.172. The van der Waals surface area contributed by atoms with Gasteiger partial charge in [0, 0.05) is 0 Å². The number of hydrogen-bond acceptors (Lipinski definition) is 9. The van der Waals surface area contributed by atoms with Crippen LogP contribution >= 0.6 is 0 Å². The molecule has 104 valence electrons. The molecule has 0 heterocycles. The average Bonchev–Trinajstić information content (AvgIpc) is 1.42. The quantitative estimate of drug-likeness (QED) is 0.289. The minimum absolute atomic E-state index is 0. The van der Waals surface area contributed by atoms with Gasteiger partial charge in [0.1, 0.15) is 0 Å². The van der Waals surface area contributed by atoms with Gasteiger partial charge in [0.25, 0.3) is 0 Å². The molecule has 0 aliphatic carbocycles. The SMILES string of the molecule is N.N.[O]=[Cr](=[O])([OH])[OH].[O]=[Cr](=[O])([OH])[O][Cr](=[O])(=[O])[OH]. The van der Waals surface area contributed by atoms with Gasteiger partial charge in [0.2, 0.25) is 0 Å². The van der Waals surface area contributed by atoms with Crippen molar-refractivity contribution in [3.63, 3.8) is 0 Å². The first kappa shape index (κ1) is 25.1. The molecule has 0 aromatic rings. The Balaban J connectivity index is -0.0000000904. The van der Waals surface area contributed by atoms with Crippen LogP contribution in [0.15, 0.2) is 0 Å². The summed E-state index contributed by atoms with van der Waals surface area (Å²) in [6.07, 6.45) is 0. The van der Waals surface area contributed by atoms with Crippen molar-refractivity contribution in [1.82, 2.24) is 12.3 Å². The van der Waals surface area contributed by atoms with Crippen LogP contribution in [0.4, 0.5) is 0 Å². The van der Waals surface area contributed by atoms with Crippen LogP contribution in [0.3, 0.4) is 0 Å². The van der Waals surface area contributed by atoms with E-state index in [4.69, 9.17) is 24.2 Å². The van der Waals surface area contributed by atoms with E-state index < -0.39 is 40.8 Å². The van der Waals surface area contributed by atoms with E-state index in [1.54, 1.807) is 0 Å². The maximum atomic E-state index is 9.53. The third-order valence-corrected chi connectivity index (χ3v) is 2.92. The Morgan fingerprint density at radius 2 is 0.750 bits per heavy atom. The molecule has 16 heteroatoms. The zero-order valence-electron chi connectivity index (χ0n) is 7.29. The fraction of sp³-hybridized carbons (Fsp3) is 0. The van der Waals surface area contributed by atoms with E-state index in [0.717, 1.165) is 0 Å². The molecule has 0 unspecified atom stereocenters. The zero-order chi connectivity index (χ0) is 12.2. The van der Waals surface area contributed by atoms with Gasteiger partial charge in [-0.15, -0.1) is 0 Å². The van der Waals surface area contributed by atoms with Gasteiger partial charge in [-0.1, -0.05) is 0 Å². The van der Waals surface area contributed by atoms with Crippen molar-refractivity contribution in [2.75, 3.05) is 0 Å². The van der Waals surface area contributed by atoms with Crippen molar-refractivity contribution in [3.05, 3.63) is 0 Å². The molecule has 0 atom stereocenters. The monoisotopic (exact) mass is 370 g/mol. The molecule has 10 N–H and O–H groups in total. The predicted octanol–water partition coefficient (Wildman–Crippen LogP) is -2.69. The molecule has 0 aliphatic rings. The van der Waals surface area contributed by atoms with Gasteiger partial charge in [-0.2, -0.15) is 0 Å². The van der Waals surface area contributed by atoms with Gasteiger partial charge in [-0.25, -0.2) is 0 Å². The Morgan fingerprint density at radius 1 is 0.625 bits per heavy atom. The summed E-state index contributed by atoms with van der Waals surface area (Å²) >= 11 is -16.8. The summed E-state index contributed by atoms with van der Waals surface area (Å²) in [6, 6.07) is 0. The molecule has 0 fully saturated rings. The van der Waals surface area contributed by atoms with Crippen LogP contribution < -0.4 is 12.3 Å². The van der Waals surface area contributed by atoms with Crippen molar-refractivity contribution in [2.24, 2.45) is 0 Å². The topological polar surface area (TPSA) is 263 Å². The van der Waals surface area contributed by atoms with E-state index in [0.29, 0.717) is 0 Å². The van der Waals surface area contributed by atoms with Gasteiger partial charge >= 0.3 is 83.1 Å². The Hall–Kier alpha value is 0.117. The molecule has 0 radical (unpaired) electrons. The van der Waals surface area contributed by atoms with Crippen molar-refractivity contribution >= 4 is 0 Å². The van der Waals surface area contributed by atoms with E-state index in [1.807, 2.05) is 0 Å². The van der Waals surface area contributed by atoms with Crippen molar-refractivity contribution < 1.29 is 83.1 Å². The average molecular weight is 370 g/mol. The van der Waals surface area contributed by atoms with Crippen molar-refractivity contribution in [1.29, 1.82) is 0 Å². The summed E-state index contributed by atoms with van der Waals surface area (Å²) in [6.45, 7) is 0. The first-order chi connectivity index (χ1) is 5.71. The molecule has 0 saturated carbocycles. The van der Waals surface area contributed by atoms with Crippen LogP contribution in [0.2, 0.25) is 0 Å². The van der Waals surface area contributed by atoms with Crippen molar-refractivity contribution in [2.45, 2.75) is 0 Å². The standard InChI is InChI=1S/3Cr.2H3N.4H2O.7O/h;;;2*1H3;4*1H2;;;;;;;/q2*+1;+2;;;;;;;;;;;;;/p-4. The van der Waals surface area contributed by atoms with Gasteiger partial charge in [-0.05, 0) is 0 Å². The molecule has 0 saturated heterocycles. The van der Waals surface area contributed by atoms with Gasteiger partial charge in [0.05, 0.1) is 0 Å². The van der Waals surface area contributed by atoms with E-state index in [-0.39, 0.29) is 12.3 Å². The zero-order valence-corrected chi connectivity index (χ0v) is 11.1. The second-order valence-corrected chi connectivity index (χ2v) is 6.53. The minimum atomic E-state index is -5.76. The molecule has 0 aliphatic heterocycles. The summed E-state index contributed by atoms with van der Waals surface area (Å²) in [5.41, 5.74) is 0. The molecule has 13 nitrogen and oxygen atoms in total. The van der Waals surface area contributed by atoms with E-state index >= 15 is 0 Å². The molecular weight excluding hydrogens is 360 g/mol. The van der Waals surface area contributed by atoms with Crippen LogP contribution in [0, 0.1) is 0 Å². The Kier molecular flexibility index (Phi) is 12.9. The van der Waals surface area contributed by atoms with Crippen LogP contribution in [-0.4, -0.2) is 16.6 Å². The fourth-order valence-electron chi connectivity index (χ4n) is 0.109. The first-order valence-electron chi connectivity index (χ1n) is 2.06. The van der Waals surface area contributed by atoms with Crippen LogP contribution in [0.25, 0.3) is 0 Å². The summed E-state index contributed by atoms with van der Waals surface area (Å²) in [5.74, 6) is 0. The molecule has 0 amide bonds. The van der Waals surface area contributed by atoms with E-state index in [9.17, 15) is 15.2 Å². The molecular formula is H10Cr3N2O11. The normalized spacial score (nSPS) is 11.2. The molecule has 0 spiro atoms. The Bertz CT molecular complexity index is 411. The van der Waals surface area contributed by atoms with Crippen molar-refractivity contribution in [3.8, 4) is 0 Å². The molecule has 16 heavy (non-hydrogen) atoms.